The van der Waals surface area contributed by atoms with Gasteiger partial charge in [-0.05, 0) is 0 Å². The van der Waals surface area contributed by atoms with E-state index in [1.807, 2.05) is 0 Å². The van der Waals surface area contributed by atoms with Crippen LogP contribution in [0.15, 0.2) is 12.5 Å². The first-order valence-electron chi connectivity index (χ1n) is 3.88. The fourth-order valence-corrected chi connectivity index (χ4v) is 1.49. The summed E-state index contributed by atoms with van der Waals surface area (Å²) < 4.78 is 19.7. The highest BCUT2D eigenvalue weighted by Crippen LogP contribution is 2.22. The standard InChI is InChI=1S/C8H7ClFN3O/c1-14-4-13-3-12-6-5(10)2-11-8(9)7(6)13/h2-3H,4H2,1H3. The van der Waals surface area contributed by atoms with E-state index in [0.29, 0.717) is 5.52 Å². The van der Waals surface area contributed by atoms with Gasteiger partial charge in [0.05, 0.1) is 12.5 Å². The van der Waals surface area contributed by atoms with Gasteiger partial charge in [-0.15, -0.1) is 0 Å². The normalized spacial score (nSPS) is 11.1. The van der Waals surface area contributed by atoms with E-state index in [1.165, 1.54) is 13.4 Å². The van der Waals surface area contributed by atoms with E-state index in [9.17, 15) is 4.39 Å². The fraction of sp³-hybridized carbons (Fsp3) is 0.250. The summed E-state index contributed by atoms with van der Waals surface area (Å²) in [7, 11) is 1.53. The van der Waals surface area contributed by atoms with Gasteiger partial charge < -0.3 is 9.30 Å². The van der Waals surface area contributed by atoms with Crippen molar-refractivity contribution in [1.82, 2.24) is 14.5 Å². The summed E-state index contributed by atoms with van der Waals surface area (Å²) in [6.07, 6.45) is 2.51. The first-order chi connectivity index (χ1) is 6.74. The maximum absolute atomic E-state index is 13.2. The summed E-state index contributed by atoms with van der Waals surface area (Å²) in [5, 5.41) is 0.218. The minimum absolute atomic E-state index is 0.210. The Balaban J connectivity index is 2.70. The van der Waals surface area contributed by atoms with Crippen LogP contribution >= 0.6 is 11.6 Å². The fourth-order valence-electron chi connectivity index (χ4n) is 1.25. The van der Waals surface area contributed by atoms with Gasteiger partial charge in [-0.1, -0.05) is 11.6 Å². The SMILES string of the molecule is COCn1cnc2c(F)cnc(Cl)c21. The second-order valence-corrected chi connectivity index (χ2v) is 3.08. The van der Waals surface area contributed by atoms with Gasteiger partial charge in [0.2, 0.25) is 0 Å². The van der Waals surface area contributed by atoms with Gasteiger partial charge in [-0.3, -0.25) is 0 Å². The van der Waals surface area contributed by atoms with E-state index in [2.05, 4.69) is 9.97 Å². The lowest BCUT2D eigenvalue weighted by Crippen LogP contribution is -1.98. The maximum atomic E-state index is 13.2. The Morgan fingerprint density at radius 2 is 2.36 bits per heavy atom. The molecule has 0 N–H and O–H groups in total. The van der Waals surface area contributed by atoms with E-state index in [-0.39, 0.29) is 17.4 Å². The lowest BCUT2D eigenvalue weighted by atomic mass is 10.4. The average Bonchev–Trinajstić information content (AvgIpc) is 2.58. The third kappa shape index (κ3) is 1.34. The van der Waals surface area contributed by atoms with Crippen molar-refractivity contribution in [2.75, 3.05) is 7.11 Å². The molecule has 0 bridgehead atoms. The van der Waals surface area contributed by atoms with Gasteiger partial charge >= 0.3 is 0 Å². The molecule has 0 spiro atoms. The Labute approximate surface area is 84.3 Å². The molecule has 0 aromatic carbocycles. The molecule has 0 aliphatic heterocycles. The van der Waals surface area contributed by atoms with Crippen LogP contribution in [0.4, 0.5) is 4.39 Å². The van der Waals surface area contributed by atoms with Crippen molar-refractivity contribution in [3.05, 3.63) is 23.5 Å². The molecule has 0 radical (unpaired) electrons. The number of nitrogens with zero attached hydrogens (tertiary/aromatic N) is 3. The molecule has 0 aliphatic carbocycles. The van der Waals surface area contributed by atoms with E-state index in [0.717, 1.165) is 6.20 Å². The summed E-state index contributed by atoms with van der Waals surface area (Å²) in [5.41, 5.74) is 0.663. The van der Waals surface area contributed by atoms with Gasteiger partial charge in [0.15, 0.2) is 11.0 Å². The van der Waals surface area contributed by atoms with Crippen molar-refractivity contribution >= 4 is 22.6 Å². The number of pyridine rings is 1. The summed E-state index contributed by atoms with van der Waals surface area (Å²) in [4.78, 5) is 7.58. The Morgan fingerprint density at radius 1 is 1.57 bits per heavy atom. The number of aromatic nitrogens is 3. The Morgan fingerprint density at radius 3 is 3.07 bits per heavy atom. The van der Waals surface area contributed by atoms with Crippen LogP contribution in [-0.4, -0.2) is 21.6 Å². The largest absolute Gasteiger partial charge is 0.364 e. The average molecular weight is 216 g/mol. The molecular formula is C8H7ClFN3O. The summed E-state index contributed by atoms with van der Waals surface area (Å²) in [6.45, 7) is 0.265. The molecule has 2 rings (SSSR count). The Kier molecular flexibility index (Phi) is 2.35. The topological polar surface area (TPSA) is 39.9 Å². The quantitative estimate of drug-likeness (QED) is 0.718. The van der Waals surface area contributed by atoms with Crippen molar-refractivity contribution in [3.63, 3.8) is 0 Å². The molecule has 0 atom stereocenters. The summed E-state index contributed by atoms with van der Waals surface area (Å²) in [6, 6.07) is 0. The van der Waals surface area contributed by atoms with Gasteiger partial charge in [-0.25, -0.2) is 14.4 Å². The zero-order chi connectivity index (χ0) is 10.1. The van der Waals surface area contributed by atoms with Gasteiger partial charge in [-0.2, -0.15) is 0 Å². The monoisotopic (exact) mass is 215 g/mol. The molecule has 2 heterocycles. The summed E-state index contributed by atoms with van der Waals surface area (Å²) in [5.74, 6) is -0.487. The highest BCUT2D eigenvalue weighted by atomic mass is 35.5. The molecule has 0 aliphatic rings. The first kappa shape index (κ1) is 9.36. The molecule has 0 saturated carbocycles. The molecule has 2 aromatic heterocycles. The van der Waals surface area contributed by atoms with E-state index in [4.69, 9.17) is 16.3 Å². The number of halogens is 2. The van der Waals surface area contributed by atoms with E-state index in [1.54, 1.807) is 4.57 Å². The molecule has 74 valence electrons. The predicted molar refractivity (Wildman–Crippen MR) is 49.5 cm³/mol. The van der Waals surface area contributed by atoms with Gasteiger partial charge in [0, 0.05) is 7.11 Å². The van der Waals surface area contributed by atoms with Crippen LogP contribution in [0.3, 0.4) is 0 Å². The molecule has 14 heavy (non-hydrogen) atoms. The molecule has 0 fully saturated rings. The maximum Gasteiger partial charge on any atom is 0.169 e. The second-order valence-electron chi connectivity index (χ2n) is 2.73. The van der Waals surface area contributed by atoms with Crippen LogP contribution in [0.2, 0.25) is 5.15 Å². The zero-order valence-electron chi connectivity index (χ0n) is 7.37. The zero-order valence-corrected chi connectivity index (χ0v) is 8.12. The van der Waals surface area contributed by atoms with Gasteiger partial charge in [0.1, 0.15) is 17.8 Å². The van der Waals surface area contributed by atoms with Crippen molar-refractivity contribution in [2.24, 2.45) is 0 Å². The van der Waals surface area contributed by atoms with Crippen LogP contribution in [0.5, 0.6) is 0 Å². The first-order valence-corrected chi connectivity index (χ1v) is 4.25. The Bertz CT molecular complexity index is 471. The minimum atomic E-state index is -0.487. The lowest BCUT2D eigenvalue weighted by Gasteiger charge is -2.02. The number of hydrogen-bond donors (Lipinski definition) is 0. The molecule has 0 unspecified atom stereocenters. The highest BCUT2D eigenvalue weighted by Gasteiger charge is 2.11. The molecule has 6 heteroatoms. The number of fused-ring (bicyclic) bond motifs is 1. The van der Waals surface area contributed by atoms with Crippen LogP contribution in [0.25, 0.3) is 11.0 Å². The van der Waals surface area contributed by atoms with Crippen LogP contribution in [0, 0.1) is 5.82 Å². The van der Waals surface area contributed by atoms with Crippen molar-refractivity contribution in [1.29, 1.82) is 0 Å². The smallest absolute Gasteiger partial charge is 0.169 e. The highest BCUT2D eigenvalue weighted by molar-refractivity contribution is 6.33. The molecule has 4 nitrogen and oxygen atoms in total. The Hall–Kier alpha value is -1.20. The van der Waals surface area contributed by atoms with Crippen LogP contribution in [0.1, 0.15) is 0 Å². The second kappa shape index (κ2) is 3.51. The number of rotatable bonds is 2. The van der Waals surface area contributed by atoms with Crippen molar-refractivity contribution < 1.29 is 9.13 Å². The molecule has 0 amide bonds. The van der Waals surface area contributed by atoms with E-state index >= 15 is 0 Å². The molecule has 0 saturated heterocycles. The van der Waals surface area contributed by atoms with E-state index < -0.39 is 5.82 Å². The predicted octanol–water partition coefficient (Wildman–Crippen LogP) is 1.83. The molecule has 2 aromatic rings. The lowest BCUT2D eigenvalue weighted by molar-refractivity contribution is 0.134. The van der Waals surface area contributed by atoms with Crippen molar-refractivity contribution in [3.8, 4) is 0 Å². The third-order valence-corrected chi connectivity index (χ3v) is 2.10. The van der Waals surface area contributed by atoms with Crippen molar-refractivity contribution in [2.45, 2.75) is 6.73 Å². The van der Waals surface area contributed by atoms with Crippen LogP contribution in [-0.2, 0) is 11.5 Å². The third-order valence-electron chi connectivity index (χ3n) is 1.82. The summed E-state index contributed by atoms with van der Waals surface area (Å²) >= 11 is 5.82. The number of hydrogen-bond acceptors (Lipinski definition) is 3. The number of ether oxygens (including phenoxy) is 1. The minimum Gasteiger partial charge on any atom is -0.364 e. The van der Waals surface area contributed by atoms with Gasteiger partial charge in [0.25, 0.3) is 0 Å². The number of imidazole rings is 1. The number of methoxy groups -OCH3 is 1. The van der Waals surface area contributed by atoms with Crippen LogP contribution < -0.4 is 0 Å². The molecular weight excluding hydrogens is 209 g/mol.